The summed E-state index contributed by atoms with van der Waals surface area (Å²) in [5.41, 5.74) is 6.02. The van der Waals surface area contributed by atoms with Gasteiger partial charge in [-0.15, -0.1) is 0 Å². The van der Waals surface area contributed by atoms with Crippen LogP contribution in [0.25, 0.3) is 0 Å². The van der Waals surface area contributed by atoms with E-state index < -0.39 is 5.60 Å². The molecule has 0 spiro atoms. The number of rotatable bonds is 1. The molecule has 15 heavy (non-hydrogen) atoms. The molecule has 0 amide bonds. The highest BCUT2D eigenvalue weighted by atomic mass is 35.5. The Morgan fingerprint density at radius 1 is 1.47 bits per heavy atom. The molecule has 1 atom stereocenters. The summed E-state index contributed by atoms with van der Waals surface area (Å²) < 4.78 is 0. The number of nitrogens with zero attached hydrogens (tertiary/aromatic N) is 1. The molecule has 0 saturated heterocycles. The van der Waals surface area contributed by atoms with Crippen molar-refractivity contribution in [2.24, 2.45) is 16.6 Å². The van der Waals surface area contributed by atoms with Gasteiger partial charge in [-0.3, -0.25) is 0 Å². The van der Waals surface area contributed by atoms with Crippen LogP contribution in [0.2, 0.25) is 5.02 Å². The molecule has 2 rings (SSSR count). The third-order valence-corrected chi connectivity index (χ3v) is 3.07. The maximum Gasteiger partial charge on any atom is 0.151 e. The third-order valence-electron chi connectivity index (χ3n) is 2.84. The van der Waals surface area contributed by atoms with E-state index in [1.165, 1.54) is 0 Å². The van der Waals surface area contributed by atoms with E-state index in [1.807, 2.05) is 13.8 Å². The topological polar surface area (TPSA) is 58.6 Å². The lowest BCUT2D eigenvalue weighted by Crippen LogP contribution is -2.42. The zero-order chi connectivity index (χ0) is 11.2. The number of fused-ring (bicyclic) bond motifs is 1. The fourth-order valence-electron chi connectivity index (χ4n) is 1.88. The van der Waals surface area contributed by atoms with Crippen LogP contribution in [-0.2, 0) is 5.60 Å². The highest BCUT2D eigenvalue weighted by Gasteiger charge is 2.43. The van der Waals surface area contributed by atoms with Crippen LogP contribution >= 0.6 is 11.6 Å². The first kappa shape index (κ1) is 10.5. The Morgan fingerprint density at radius 3 is 2.73 bits per heavy atom. The molecule has 80 valence electrons. The Kier molecular flexibility index (Phi) is 2.24. The lowest BCUT2D eigenvalue weighted by atomic mass is 9.83. The Bertz CT molecular complexity index is 442. The number of hydrogen-bond acceptors (Lipinski definition) is 3. The maximum atomic E-state index is 10.5. The van der Waals surface area contributed by atoms with Crippen molar-refractivity contribution in [3.05, 3.63) is 28.8 Å². The van der Waals surface area contributed by atoms with Gasteiger partial charge in [-0.2, -0.15) is 0 Å². The Labute approximate surface area is 93.6 Å². The molecule has 1 unspecified atom stereocenters. The van der Waals surface area contributed by atoms with Crippen molar-refractivity contribution in [3.8, 4) is 0 Å². The zero-order valence-electron chi connectivity index (χ0n) is 8.66. The van der Waals surface area contributed by atoms with Crippen LogP contribution in [0.15, 0.2) is 23.2 Å². The van der Waals surface area contributed by atoms with Gasteiger partial charge in [0.1, 0.15) is 5.84 Å². The number of aliphatic imine (C=N–C) groups is 1. The predicted molar refractivity (Wildman–Crippen MR) is 61.5 cm³/mol. The van der Waals surface area contributed by atoms with E-state index in [2.05, 4.69) is 4.99 Å². The molecule has 1 aliphatic rings. The smallest absolute Gasteiger partial charge is 0.151 e. The van der Waals surface area contributed by atoms with Crippen LogP contribution in [0.3, 0.4) is 0 Å². The quantitative estimate of drug-likeness (QED) is 0.768. The minimum atomic E-state index is -1.15. The van der Waals surface area contributed by atoms with Gasteiger partial charge in [-0.05, 0) is 18.1 Å². The van der Waals surface area contributed by atoms with E-state index in [4.69, 9.17) is 17.3 Å². The highest BCUT2D eigenvalue weighted by Crippen LogP contribution is 2.42. The Hall–Kier alpha value is -1.06. The van der Waals surface area contributed by atoms with Gasteiger partial charge < -0.3 is 10.8 Å². The molecule has 4 heteroatoms. The SMILES string of the molecule is CC(C)C1(O)C(N)=Nc2cc(Cl)ccc21. The fraction of sp³-hybridized carbons (Fsp3) is 0.364. The molecule has 1 aromatic carbocycles. The molecule has 3 nitrogen and oxygen atoms in total. The van der Waals surface area contributed by atoms with Crippen molar-refractivity contribution in [1.82, 2.24) is 0 Å². The second-order valence-corrected chi connectivity index (χ2v) is 4.52. The molecule has 1 heterocycles. The molecule has 1 aromatic rings. The number of nitrogens with two attached hydrogens (primary N) is 1. The maximum absolute atomic E-state index is 10.5. The normalized spacial score (nSPS) is 24.2. The van der Waals surface area contributed by atoms with Crippen LogP contribution in [0.1, 0.15) is 19.4 Å². The average molecular weight is 225 g/mol. The number of benzene rings is 1. The Morgan fingerprint density at radius 2 is 2.13 bits per heavy atom. The minimum Gasteiger partial charge on any atom is -0.384 e. The first-order chi connectivity index (χ1) is 6.96. The Balaban J connectivity index is 2.63. The van der Waals surface area contributed by atoms with E-state index in [0.717, 1.165) is 5.56 Å². The van der Waals surface area contributed by atoms with E-state index in [0.29, 0.717) is 10.7 Å². The second-order valence-electron chi connectivity index (χ2n) is 4.08. The first-order valence-electron chi connectivity index (χ1n) is 4.83. The van der Waals surface area contributed by atoms with E-state index in [9.17, 15) is 5.11 Å². The van der Waals surface area contributed by atoms with Gasteiger partial charge in [0.15, 0.2) is 5.60 Å². The summed E-state index contributed by atoms with van der Waals surface area (Å²) in [5, 5.41) is 11.1. The van der Waals surface area contributed by atoms with Crippen molar-refractivity contribution in [2.45, 2.75) is 19.4 Å². The molecule has 3 N–H and O–H groups in total. The summed E-state index contributed by atoms with van der Waals surface area (Å²) in [6, 6.07) is 5.23. The molecule has 0 radical (unpaired) electrons. The van der Waals surface area contributed by atoms with Gasteiger partial charge in [0.05, 0.1) is 5.69 Å². The minimum absolute atomic E-state index is 0.0244. The lowest BCUT2D eigenvalue weighted by Gasteiger charge is -2.28. The lowest BCUT2D eigenvalue weighted by molar-refractivity contribution is 0.0636. The predicted octanol–water partition coefficient (Wildman–Crippen LogP) is 2.19. The summed E-state index contributed by atoms with van der Waals surface area (Å²) in [6.45, 7) is 3.82. The highest BCUT2D eigenvalue weighted by molar-refractivity contribution is 6.31. The van der Waals surface area contributed by atoms with Gasteiger partial charge in [0, 0.05) is 10.6 Å². The third kappa shape index (κ3) is 1.34. The van der Waals surface area contributed by atoms with Crippen molar-refractivity contribution in [1.29, 1.82) is 0 Å². The summed E-state index contributed by atoms with van der Waals surface area (Å²) in [4.78, 5) is 4.15. The van der Waals surface area contributed by atoms with E-state index in [-0.39, 0.29) is 11.8 Å². The summed E-state index contributed by atoms with van der Waals surface area (Å²) in [6.07, 6.45) is 0. The summed E-state index contributed by atoms with van der Waals surface area (Å²) in [5.74, 6) is 0.221. The molecular formula is C11H13ClN2O. The fourth-order valence-corrected chi connectivity index (χ4v) is 2.05. The van der Waals surface area contributed by atoms with Gasteiger partial charge in [-0.1, -0.05) is 31.5 Å². The molecule has 0 saturated carbocycles. The largest absolute Gasteiger partial charge is 0.384 e. The van der Waals surface area contributed by atoms with Crippen LogP contribution in [0.5, 0.6) is 0 Å². The second kappa shape index (κ2) is 3.22. The van der Waals surface area contributed by atoms with Crippen molar-refractivity contribution in [2.75, 3.05) is 0 Å². The molecule has 0 fully saturated rings. The van der Waals surface area contributed by atoms with Crippen molar-refractivity contribution >= 4 is 23.1 Å². The zero-order valence-corrected chi connectivity index (χ0v) is 9.42. The number of amidine groups is 1. The van der Waals surface area contributed by atoms with E-state index >= 15 is 0 Å². The van der Waals surface area contributed by atoms with Crippen LogP contribution in [0.4, 0.5) is 5.69 Å². The standard InChI is InChI=1S/C11H13ClN2O/c1-6(2)11(15)8-4-3-7(12)5-9(8)14-10(11)13/h3-6,15H,1-2H3,(H2,13,14). The van der Waals surface area contributed by atoms with E-state index in [1.54, 1.807) is 18.2 Å². The average Bonchev–Trinajstić information content (AvgIpc) is 2.39. The molecule has 0 aliphatic carbocycles. The molecule has 0 bridgehead atoms. The van der Waals surface area contributed by atoms with Crippen LogP contribution < -0.4 is 5.73 Å². The monoisotopic (exact) mass is 224 g/mol. The van der Waals surface area contributed by atoms with Crippen LogP contribution in [-0.4, -0.2) is 10.9 Å². The first-order valence-corrected chi connectivity index (χ1v) is 5.21. The van der Waals surface area contributed by atoms with Crippen molar-refractivity contribution < 1.29 is 5.11 Å². The number of halogens is 1. The molecule has 0 aromatic heterocycles. The van der Waals surface area contributed by atoms with Crippen molar-refractivity contribution in [3.63, 3.8) is 0 Å². The number of hydrogen-bond donors (Lipinski definition) is 2. The number of aliphatic hydroxyl groups is 1. The van der Waals surface area contributed by atoms with Gasteiger partial charge >= 0.3 is 0 Å². The van der Waals surface area contributed by atoms with Gasteiger partial charge in [-0.25, -0.2) is 4.99 Å². The summed E-state index contributed by atoms with van der Waals surface area (Å²) in [7, 11) is 0. The summed E-state index contributed by atoms with van der Waals surface area (Å²) >= 11 is 5.85. The van der Waals surface area contributed by atoms with Gasteiger partial charge in [0.25, 0.3) is 0 Å². The molecule has 1 aliphatic heterocycles. The molecular weight excluding hydrogens is 212 g/mol. The van der Waals surface area contributed by atoms with Gasteiger partial charge in [0.2, 0.25) is 0 Å². The van der Waals surface area contributed by atoms with Crippen LogP contribution in [0, 0.1) is 5.92 Å².